The standard InChI is InChI=1S/C12H13BrN2O5/c1-2-20-12(17)6-5-11(16)14-9-4-3-8(13)7-10(9)15(18)19/h3-4,7H,2,5-6H2,1H3,(H,14,16). The Morgan fingerprint density at radius 3 is 2.70 bits per heavy atom. The van der Waals surface area contributed by atoms with Crippen molar-refractivity contribution < 1.29 is 19.2 Å². The van der Waals surface area contributed by atoms with Gasteiger partial charge in [0.25, 0.3) is 5.69 Å². The van der Waals surface area contributed by atoms with Crippen molar-refractivity contribution in [3.8, 4) is 0 Å². The van der Waals surface area contributed by atoms with Crippen LogP contribution in [0.4, 0.5) is 11.4 Å². The fourth-order valence-corrected chi connectivity index (χ4v) is 1.77. The number of anilines is 1. The van der Waals surface area contributed by atoms with Gasteiger partial charge in [-0.25, -0.2) is 0 Å². The summed E-state index contributed by atoms with van der Waals surface area (Å²) in [4.78, 5) is 33.0. The molecule has 0 unspecified atom stereocenters. The number of benzene rings is 1. The third kappa shape index (κ3) is 4.96. The van der Waals surface area contributed by atoms with Crippen LogP contribution < -0.4 is 5.32 Å². The molecule has 1 aromatic rings. The summed E-state index contributed by atoms with van der Waals surface area (Å²) in [5.41, 5.74) is -0.129. The fraction of sp³-hybridized carbons (Fsp3) is 0.333. The first kappa shape index (κ1) is 16.1. The Bertz CT molecular complexity index is 533. The monoisotopic (exact) mass is 344 g/mol. The normalized spacial score (nSPS) is 9.90. The summed E-state index contributed by atoms with van der Waals surface area (Å²) < 4.78 is 5.22. The van der Waals surface area contributed by atoms with E-state index in [0.717, 1.165) is 0 Å². The molecule has 0 saturated heterocycles. The molecule has 0 atom stereocenters. The summed E-state index contributed by atoms with van der Waals surface area (Å²) in [7, 11) is 0. The maximum Gasteiger partial charge on any atom is 0.306 e. The lowest BCUT2D eigenvalue weighted by Crippen LogP contribution is -2.15. The third-order valence-corrected chi connectivity index (χ3v) is 2.79. The molecule has 108 valence electrons. The number of nitro groups is 1. The van der Waals surface area contributed by atoms with E-state index in [9.17, 15) is 19.7 Å². The molecule has 0 saturated carbocycles. The van der Waals surface area contributed by atoms with E-state index in [-0.39, 0.29) is 30.8 Å². The molecule has 1 aromatic carbocycles. The number of hydrogen-bond acceptors (Lipinski definition) is 5. The van der Waals surface area contributed by atoms with E-state index in [4.69, 9.17) is 0 Å². The van der Waals surface area contributed by atoms with Crippen LogP contribution in [0.25, 0.3) is 0 Å². The lowest BCUT2D eigenvalue weighted by Gasteiger charge is -2.06. The number of nitro benzene ring substituents is 1. The van der Waals surface area contributed by atoms with Gasteiger partial charge in [-0.1, -0.05) is 15.9 Å². The van der Waals surface area contributed by atoms with Crippen molar-refractivity contribution in [1.82, 2.24) is 0 Å². The average molecular weight is 345 g/mol. The van der Waals surface area contributed by atoms with Crippen LogP contribution in [-0.2, 0) is 14.3 Å². The number of hydrogen-bond donors (Lipinski definition) is 1. The van der Waals surface area contributed by atoms with Crippen molar-refractivity contribution >= 4 is 39.2 Å². The highest BCUT2D eigenvalue weighted by Gasteiger charge is 2.16. The summed E-state index contributed by atoms with van der Waals surface area (Å²) in [6.07, 6.45) is -0.157. The third-order valence-electron chi connectivity index (χ3n) is 2.29. The number of carbonyl (C=O) groups is 2. The first-order valence-corrected chi connectivity index (χ1v) is 6.62. The number of carbonyl (C=O) groups excluding carboxylic acids is 2. The number of rotatable bonds is 6. The van der Waals surface area contributed by atoms with Crippen LogP contribution in [0.3, 0.4) is 0 Å². The minimum absolute atomic E-state index is 0.0655. The number of halogens is 1. The fourth-order valence-electron chi connectivity index (χ4n) is 1.42. The van der Waals surface area contributed by atoms with Crippen LogP contribution in [0.2, 0.25) is 0 Å². The summed E-state index contributed by atoms with van der Waals surface area (Å²) in [5.74, 6) is -0.962. The topological polar surface area (TPSA) is 98.5 Å². The lowest BCUT2D eigenvalue weighted by molar-refractivity contribution is -0.384. The highest BCUT2D eigenvalue weighted by Crippen LogP contribution is 2.28. The summed E-state index contributed by atoms with van der Waals surface area (Å²) in [6, 6.07) is 4.29. The zero-order valence-electron chi connectivity index (χ0n) is 10.7. The van der Waals surface area contributed by atoms with E-state index in [0.29, 0.717) is 4.47 Å². The van der Waals surface area contributed by atoms with Crippen molar-refractivity contribution in [3.05, 3.63) is 32.8 Å². The van der Waals surface area contributed by atoms with Gasteiger partial charge in [-0.15, -0.1) is 0 Å². The Morgan fingerprint density at radius 2 is 2.10 bits per heavy atom. The molecule has 0 radical (unpaired) electrons. The van der Waals surface area contributed by atoms with E-state index < -0.39 is 16.8 Å². The zero-order valence-corrected chi connectivity index (χ0v) is 12.3. The Kier molecular flexibility index (Phi) is 6.10. The molecule has 0 bridgehead atoms. The van der Waals surface area contributed by atoms with Gasteiger partial charge in [0, 0.05) is 17.0 Å². The SMILES string of the molecule is CCOC(=O)CCC(=O)Nc1ccc(Br)cc1[N+](=O)[O-]. The summed E-state index contributed by atoms with van der Waals surface area (Å²) in [6.45, 7) is 1.92. The minimum atomic E-state index is -0.592. The van der Waals surface area contributed by atoms with Crippen LogP contribution >= 0.6 is 15.9 Å². The molecule has 0 aromatic heterocycles. The van der Waals surface area contributed by atoms with E-state index in [1.165, 1.54) is 12.1 Å². The molecule has 0 aliphatic rings. The van der Waals surface area contributed by atoms with Gasteiger partial charge in [0.1, 0.15) is 5.69 Å². The molecule has 0 spiro atoms. The van der Waals surface area contributed by atoms with Gasteiger partial charge >= 0.3 is 5.97 Å². The molecule has 7 nitrogen and oxygen atoms in total. The predicted molar refractivity (Wildman–Crippen MR) is 75.3 cm³/mol. The molecule has 1 N–H and O–H groups in total. The molecule has 0 fully saturated rings. The number of ether oxygens (including phenoxy) is 1. The quantitative estimate of drug-likeness (QED) is 0.485. The molecular weight excluding hydrogens is 332 g/mol. The molecule has 1 rings (SSSR count). The number of esters is 1. The second-order valence-electron chi connectivity index (χ2n) is 3.77. The van der Waals surface area contributed by atoms with Gasteiger partial charge in [-0.05, 0) is 19.1 Å². The van der Waals surface area contributed by atoms with Gasteiger partial charge in [0.05, 0.1) is 18.0 Å². The molecule has 8 heteroatoms. The maximum atomic E-state index is 11.6. The predicted octanol–water partition coefficient (Wildman–Crippen LogP) is 2.64. The van der Waals surface area contributed by atoms with E-state index in [1.54, 1.807) is 13.0 Å². The highest BCUT2D eigenvalue weighted by molar-refractivity contribution is 9.10. The van der Waals surface area contributed by atoms with Gasteiger partial charge in [-0.2, -0.15) is 0 Å². The van der Waals surface area contributed by atoms with Gasteiger partial charge in [0.15, 0.2) is 0 Å². The molecule has 0 aliphatic carbocycles. The Labute approximate surface area is 123 Å². The van der Waals surface area contributed by atoms with E-state index >= 15 is 0 Å². The van der Waals surface area contributed by atoms with Crippen molar-refractivity contribution in [3.63, 3.8) is 0 Å². The van der Waals surface area contributed by atoms with E-state index in [1.807, 2.05) is 0 Å². The maximum absolute atomic E-state index is 11.6. The first-order chi connectivity index (χ1) is 9.43. The molecule has 0 heterocycles. The van der Waals surface area contributed by atoms with Gasteiger partial charge in [-0.3, -0.25) is 19.7 Å². The molecule has 0 aliphatic heterocycles. The van der Waals surface area contributed by atoms with Crippen molar-refractivity contribution in [2.45, 2.75) is 19.8 Å². The van der Waals surface area contributed by atoms with Crippen molar-refractivity contribution in [2.24, 2.45) is 0 Å². The Balaban J connectivity index is 2.66. The van der Waals surface area contributed by atoms with Crippen LogP contribution in [-0.4, -0.2) is 23.4 Å². The zero-order chi connectivity index (χ0) is 15.1. The minimum Gasteiger partial charge on any atom is -0.466 e. The molecule has 20 heavy (non-hydrogen) atoms. The smallest absolute Gasteiger partial charge is 0.306 e. The van der Waals surface area contributed by atoms with Crippen molar-refractivity contribution in [1.29, 1.82) is 0 Å². The Morgan fingerprint density at radius 1 is 1.40 bits per heavy atom. The number of nitrogens with zero attached hydrogens (tertiary/aromatic N) is 1. The molecule has 1 amide bonds. The second-order valence-corrected chi connectivity index (χ2v) is 4.69. The number of amides is 1. The first-order valence-electron chi connectivity index (χ1n) is 5.83. The van der Waals surface area contributed by atoms with Gasteiger partial charge in [0.2, 0.25) is 5.91 Å². The summed E-state index contributed by atoms with van der Waals surface area (Å²) >= 11 is 3.12. The average Bonchev–Trinajstić information content (AvgIpc) is 2.38. The largest absolute Gasteiger partial charge is 0.466 e. The number of nitrogens with one attached hydrogen (secondary N) is 1. The molecular formula is C12H13BrN2O5. The van der Waals surface area contributed by atoms with E-state index in [2.05, 4.69) is 26.0 Å². The van der Waals surface area contributed by atoms with Crippen LogP contribution in [0.1, 0.15) is 19.8 Å². The van der Waals surface area contributed by atoms with Gasteiger partial charge < -0.3 is 10.1 Å². The van der Waals surface area contributed by atoms with Crippen molar-refractivity contribution in [2.75, 3.05) is 11.9 Å². The highest BCUT2D eigenvalue weighted by atomic mass is 79.9. The summed E-state index contributed by atoms with van der Waals surface area (Å²) in [5, 5.41) is 13.3. The second kappa shape index (κ2) is 7.59. The lowest BCUT2D eigenvalue weighted by atomic mass is 10.2. The van der Waals surface area contributed by atoms with Crippen LogP contribution in [0.15, 0.2) is 22.7 Å². The van der Waals surface area contributed by atoms with Crippen LogP contribution in [0, 0.1) is 10.1 Å². The van der Waals surface area contributed by atoms with Crippen LogP contribution in [0.5, 0.6) is 0 Å². The Hall–Kier alpha value is -1.96.